The first kappa shape index (κ1) is 38.8. The third-order valence-corrected chi connectivity index (χ3v) is 15.1. The van der Waals surface area contributed by atoms with Gasteiger partial charge in [0.25, 0.3) is 0 Å². The van der Waals surface area contributed by atoms with Crippen molar-refractivity contribution in [1.82, 2.24) is 15.0 Å². The Bertz CT molecular complexity index is 2360. The van der Waals surface area contributed by atoms with Crippen LogP contribution in [0.3, 0.4) is 0 Å². The summed E-state index contributed by atoms with van der Waals surface area (Å²) in [6.45, 7) is 9.86. The van der Waals surface area contributed by atoms with Crippen LogP contribution in [0.25, 0.3) is 56.4 Å². The van der Waals surface area contributed by atoms with Crippen molar-refractivity contribution >= 4 is 0 Å². The molecule has 0 aliphatic heterocycles. The summed E-state index contributed by atoms with van der Waals surface area (Å²) in [6.07, 6.45) is 13.5. The molecule has 10 rings (SSSR count). The molecule has 0 amide bonds. The van der Waals surface area contributed by atoms with Crippen molar-refractivity contribution in [3.63, 3.8) is 0 Å². The van der Waals surface area contributed by atoms with E-state index in [4.69, 9.17) is 15.0 Å². The largest absolute Gasteiger partial charge is 0.208 e. The number of fused-ring (bicyclic) bond motifs is 4. The summed E-state index contributed by atoms with van der Waals surface area (Å²) >= 11 is 0. The Balaban J connectivity index is 0.977. The molecule has 4 bridgehead atoms. The number of nitrogens with zero attached hydrogens (tertiary/aromatic N) is 4. The minimum Gasteiger partial charge on any atom is -0.208 e. The van der Waals surface area contributed by atoms with Crippen LogP contribution in [0.5, 0.6) is 0 Å². The zero-order chi connectivity index (χ0) is 41.0. The molecule has 302 valence electrons. The molecule has 4 fully saturated rings. The fourth-order valence-electron chi connectivity index (χ4n) is 13.3. The smallest absolute Gasteiger partial charge is 0.164 e. The van der Waals surface area contributed by atoms with Gasteiger partial charge >= 0.3 is 0 Å². The summed E-state index contributed by atoms with van der Waals surface area (Å²) in [7, 11) is 0. The lowest BCUT2D eigenvalue weighted by molar-refractivity contribution is 0.0779. The zero-order valence-electron chi connectivity index (χ0n) is 35.9. The number of benzene rings is 5. The Morgan fingerprint density at radius 3 is 1.15 bits per heavy atom. The van der Waals surface area contributed by atoms with Crippen molar-refractivity contribution in [3.05, 3.63) is 138 Å². The van der Waals surface area contributed by atoms with E-state index in [2.05, 4.69) is 131 Å². The van der Waals surface area contributed by atoms with Gasteiger partial charge in [-0.1, -0.05) is 113 Å². The van der Waals surface area contributed by atoms with Crippen molar-refractivity contribution in [2.24, 2.45) is 35.5 Å². The molecule has 1 aromatic heterocycles. The average molecular weight is 787 g/mol. The van der Waals surface area contributed by atoms with Crippen molar-refractivity contribution in [1.29, 1.82) is 5.26 Å². The minimum atomic E-state index is 0.315. The molecule has 4 saturated carbocycles. The van der Waals surface area contributed by atoms with Gasteiger partial charge in [-0.3, -0.25) is 0 Å². The van der Waals surface area contributed by atoms with E-state index in [0.29, 0.717) is 33.9 Å². The Hall–Kier alpha value is -5.40. The Morgan fingerprint density at radius 2 is 0.767 bits per heavy atom. The fraction of sp³-hybridized carbons (Fsp3) is 0.393. The minimum absolute atomic E-state index is 0.315. The maximum Gasteiger partial charge on any atom is 0.164 e. The summed E-state index contributed by atoms with van der Waals surface area (Å²) in [5, 5.41) is 9.51. The molecule has 0 N–H and O–H groups in total. The van der Waals surface area contributed by atoms with Gasteiger partial charge in [-0.25, -0.2) is 15.0 Å². The van der Waals surface area contributed by atoms with Gasteiger partial charge in [0.15, 0.2) is 17.5 Å². The lowest BCUT2D eigenvalue weighted by Gasteiger charge is -2.50. The summed E-state index contributed by atoms with van der Waals surface area (Å²) in [4.78, 5) is 15.3. The fourth-order valence-corrected chi connectivity index (χ4v) is 13.3. The molecule has 6 aromatic rings. The van der Waals surface area contributed by atoms with Crippen LogP contribution in [0.15, 0.2) is 121 Å². The summed E-state index contributed by atoms with van der Waals surface area (Å²) < 4.78 is 0. The second kappa shape index (κ2) is 15.6. The first-order chi connectivity index (χ1) is 29.1. The van der Waals surface area contributed by atoms with Crippen molar-refractivity contribution in [2.45, 2.75) is 103 Å². The van der Waals surface area contributed by atoms with Crippen LogP contribution < -0.4 is 0 Å². The standard InChI is InChI=1S/C56H58N4/c1-36-23-41-24-37(2)30-55(29-36,33-41)50-19-15-43(16-20-50)46-7-5-9-48(27-46)53-58-52(45-13-11-40(35-57)12-14-45)59-54(60-53)49-10-6-8-47(28-49)44-17-21-51(22-18-44)56-31-38(3)25-42(34-56)26-39(4)32-56/h5-22,27-28,36-39,41-42H,23-26,29-34H2,1-4H3/t36-,37+,38-,39+,41?,42?,55?,56?. The maximum absolute atomic E-state index is 9.51. The van der Waals surface area contributed by atoms with Gasteiger partial charge in [-0.15, -0.1) is 0 Å². The van der Waals surface area contributed by atoms with Crippen LogP contribution in [0.1, 0.15) is 109 Å². The van der Waals surface area contributed by atoms with Gasteiger partial charge in [-0.05, 0) is 180 Å². The predicted molar refractivity (Wildman–Crippen MR) is 245 cm³/mol. The van der Waals surface area contributed by atoms with E-state index in [0.717, 1.165) is 63.3 Å². The molecular formula is C56H58N4. The topological polar surface area (TPSA) is 62.5 Å². The molecular weight excluding hydrogens is 729 g/mol. The van der Waals surface area contributed by atoms with Gasteiger partial charge < -0.3 is 0 Å². The Labute approximate surface area is 357 Å². The second-order valence-corrected chi connectivity index (χ2v) is 20.2. The van der Waals surface area contributed by atoms with Gasteiger partial charge in [0.2, 0.25) is 0 Å². The molecule has 4 unspecified atom stereocenters. The van der Waals surface area contributed by atoms with Crippen molar-refractivity contribution < 1.29 is 0 Å². The molecule has 5 aromatic carbocycles. The Kier molecular flexibility index (Phi) is 10.1. The van der Waals surface area contributed by atoms with Crippen molar-refractivity contribution in [3.8, 4) is 62.5 Å². The highest BCUT2D eigenvalue weighted by molar-refractivity contribution is 5.75. The highest BCUT2D eigenvalue weighted by Crippen LogP contribution is 2.55. The Morgan fingerprint density at radius 1 is 0.417 bits per heavy atom. The van der Waals surface area contributed by atoms with Crippen LogP contribution in [0.2, 0.25) is 0 Å². The molecule has 4 aliphatic carbocycles. The number of rotatable bonds is 7. The molecule has 0 spiro atoms. The summed E-state index contributed by atoms with van der Waals surface area (Å²) in [6, 6.07) is 46.0. The third-order valence-electron chi connectivity index (χ3n) is 15.1. The van der Waals surface area contributed by atoms with Crippen molar-refractivity contribution in [2.75, 3.05) is 0 Å². The summed E-state index contributed by atoms with van der Waals surface area (Å²) in [5.41, 5.74) is 11.7. The lowest BCUT2D eigenvalue weighted by Crippen LogP contribution is -2.42. The van der Waals surface area contributed by atoms with Gasteiger partial charge in [0, 0.05) is 16.7 Å². The molecule has 0 radical (unpaired) electrons. The summed E-state index contributed by atoms with van der Waals surface area (Å²) in [5.74, 6) is 6.74. The van der Waals surface area contributed by atoms with Crippen LogP contribution in [-0.2, 0) is 10.8 Å². The quantitative estimate of drug-likeness (QED) is 0.162. The van der Waals surface area contributed by atoms with Gasteiger partial charge in [-0.2, -0.15) is 5.26 Å². The number of aromatic nitrogens is 3. The number of hydrogen-bond donors (Lipinski definition) is 0. The van der Waals surface area contributed by atoms with E-state index in [1.54, 1.807) is 0 Å². The monoisotopic (exact) mass is 786 g/mol. The third kappa shape index (κ3) is 7.51. The van der Waals surface area contributed by atoms with Crippen LogP contribution in [0.4, 0.5) is 0 Å². The highest BCUT2D eigenvalue weighted by Gasteiger charge is 2.46. The lowest BCUT2D eigenvalue weighted by atomic mass is 9.54. The number of hydrogen-bond acceptors (Lipinski definition) is 4. The van der Waals surface area contributed by atoms with Gasteiger partial charge in [0.05, 0.1) is 11.6 Å². The zero-order valence-corrected chi connectivity index (χ0v) is 35.9. The molecule has 4 aliphatic rings. The molecule has 4 nitrogen and oxygen atoms in total. The van der Waals surface area contributed by atoms with Gasteiger partial charge in [0.1, 0.15) is 0 Å². The molecule has 0 saturated heterocycles. The molecule has 4 heteroatoms. The number of nitriles is 1. The average Bonchev–Trinajstić information content (AvgIpc) is 3.25. The van der Waals surface area contributed by atoms with E-state index in [-0.39, 0.29) is 0 Å². The SMILES string of the molecule is C[C@@H]1CC2C[C@H](C)CC(c3ccc(-c4cccc(-c5nc(-c6ccc(C#N)cc6)nc(-c6cccc(-c7ccc(C89CC(C[C@@H](C)C8)C[C@H](C)C9)cc7)c6)n5)c4)cc3)(C2)C1. The predicted octanol–water partition coefficient (Wildman–Crippen LogP) is 14.3. The normalized spacial score (nSPS) is 28.4. The highest BCUT2D eigenvalue weighted by atomic mass is 15.0. The first-order valence-corrected chi connectivity index (χ1v) is 22.8. The van der Waals surface area contributed by atoms with Crippen LogP contribution >= 0.6 is 0 Å². The van der Waals surface area contributed by atoms with Crippen LogP contribution in [-0.4, -0.2) is 15.0 Å². The first-order valence-electron chi connectivity index (χ1n) is 22.8. The maximum atomic E-state index is 9.51. The van der Waals surface area contributed by atoms with E-state index in [1.807, 2.05) is 24.3 Å². The molecule has 1 heterocycles. The second-order valence-electron chi connectivity index (χ2n) is 20.2. The van der Waals surface area contributed by atoms with Crippen LogP contribution in [0, 0.1) is 46.8 Å². The van der Waals surface area contributed by atoms with E-state index in [9.17, 15) is 5.26 Å². The molecule has 60 heavy (non-hydrogen) atoms. The van der Waals surface area contributed by atoms with E-state index >= 15 is 0 Å². The van der Waals surface area contributed by atoms with E-state index in [1.165, 1.54) is 86.5 Å². The van der Waals surface area contributed by atoms with E-state index < -0.39 is 0 Å². The molecule has 8 atom stereocenters.